The third kappa shape index (κ3) is 3.94. The van der Waals surface area contributed by atoms with Gasteiger partial charge in [0.25, 0.3) is 5.91 Å². The zero-order chi connectivity index (χ0) is 20.5. The highest BCUT2D eigenvalue weighted by Crippen LogP contribution is 2.19. The van der Waals surface area contributed by atoms with Gasteiger partial charge in [-0.05, 0) is 54.6 Å². The molecule has 1 amide bonds. The summed E-state index contributed by atoms with van der Waals surface area (Å²) in [6.07, 6.45) is -0.982. The van der Waals surface area contributed by atoms with Gasteiger partial charge >= 0.3 is 0 Å². The highest BCUT2D eigenvalue weighted by Gasteiger charge is 2.21. The molecule has 1 N–H and O–H groups in total. The number of carbonyl (C=O) groups is 1. The summed E-state index contributed by atoms with van der Waals surface area (Å²) < 4.78 is 38.7. The summed E-state index contributed by atoms with van der Waals surface area (Å²) in [5.74, 6) is -0.910. The van der Waals surface area contributed by atoms with Crippen LogP contribution in [-0.2, 0) is 14.8 Å². The Morgan fingerprint density at radius 2 is 1.89 bits per heavy atom. The Balaban J connectivity index is 1.81. The number of halogens is 1. The molecular formula is C17H18FN5O4S. The normalized spacial score (nSPS) is 12.9. The van der Waals surface area contributed by atoms with Gasteiger partial charge in [-0.3, -0.25) is 4.79 Å². The molecule has 3 rings (SSSR count). The van der Waals surface area contributed by atoms with Crippen molar-refractivity contribution in [3.05, 3.63) is 48.3 Å². The average Bonchev–Trinajstić information content (AvgIpc) is 3.05. The summed E-state index contributed by atoms with van der Waals surface area (Å²) in [6, 6.07) is 9.57. The predicted molar refractivity (Wildman–Crippen MR) is 99.5 cm³/mol. The first-order chi connectivity index (χ1) is 13.2. The maximum Gasteiger partial charge on any atom is 0.267 e. The number of carbonyl (C=O) groups excluding carboxylic acids is 1. The number of hydrogen-bond donors (Lipinski definition) is 1. The summed E-state index contributed by atoms with van der Waals surface area (Å²) >= 11 is 0. The molecule has 1 aromatic heterocycles. The number of nitrogens with one attached hydrogen (secondary N) is 1. The van der Waals surface area contributed by atoms with Gasteiger partial charge < -0.3 is 10.2 Å². The molecule has 0 radical (unpaired) electrons. The van der Waals surface area contributed by atoms with Crippen LogP contribution < -0.4 is 10.2 Å². The Hall–Kier alpha value is -3.05. The first-order valence-corrected chi connectivity index (χ1v) is 9.64. The molecule has 28 heavy (non-hydrogen) atoms. The van der Waals surface area contributed by atoms with Crippen molar-refractivity contribution in [3.63, 3.8) is 0 Å². The van der Waals surface area contributed by atoms with Crippen molar-refractivity contribution < 1.29 is 22.4 Å². The lowest BCUT2D eigenvalue weighted by Gasteiger charge is -2.14. The van der Waals surface area contributed by atoms with Crippen LogP contribution >= 0.6 is 0 Å². The lowest BCUT2D eigenvalue weighted by molar-refractivity contribution is -0.127. The third-order valence-corrected chi connectivity index (χ3v) is 5.72. The molecule has 11 heteroatoms. The van der Waals surface area contributed by atoms with Gasteiger partial charge in [0.2, 0.25) is 16.1 Å². The van der Waals surface area contributed by atoms with Crippen LogP contribution in [-0.4, -0.2) is 54.0 Å². The van der Waals surface area contributed by atoms with E-state index >= 15 is 0 Å². The van der Waals surface area contributed by atoms with E-state index in [0.29, 0.717) is 16.7 Å². The van der Waals surface area contributed by atoms with Gasteiger partial charge in [-0.25, -0.2) is 17.1 Å². The van der Waals surface area contributed by atoms with Crippen LogP contribution in [0.2, 0.25) is 0 Å². The molecule has 0 fully saturated rings. The van der Waals surface area contributed by atoms with Crippen molar-refractivity contribution in [2.24, 2.45) is 0 Å². The van der Waals surface area contributed by atoms with Crippen molar-refractivity contribution in [2.75, 3.05) is 19.4 Å². The second-order valence-corrected chi connectivity index (χ2v) is 8.30. The van der Waals surface area contributed by atoms with Crippen LogP contribution in [0.25, 0.3) is 11.0 Å². The fourth-order valence-corrected chi connectivity index (χ4v) is 3.22. The largest absolute Gasteiger partial charge is 0.382 e. The summed E-state index contributed by atoms with van der Waals surface area (Å²) in [5, 5.41) is 10.3. The maximum atomic E-state index is 12.9. The number of aromatic nitrogens is 3. The van der Waals surface area contributed by atoms with Gasteiger partial charge in [0.05, 0.1) is 4.90 Å². The Kier molecular flexibility index (Phi) is 5.29. The van der Waals surface area contributed by atoms with Crippen molar-refractivity contribution in [2.45, 2.75) is 17.9 Å². The first-order valence-electron chi connectivity index (χ1n) is 8.20. The molecule has 0 saturated heterocycles. The molecule has 0 aliphatic heterocycles. The van der Waals surface area contributed by atoms with Crippen LogP contribution in [0.5, 0.6) is 0 Å². The topological polar surface area (TPSA) is 106 Å². The van der Waals surface area contributed by atoms with Crippen LogP contribution in [0.3, 0.4) is 0 Å². The van der Waals surface area contributed by atoms with Gasteiger partial charge in [0.15, 0.2) is 0 Å². The van der Waals surface area contributed by atoms with E-state index in [1.807, 2.05) is 0 Å². The van der Waals surface area contributed by atoms with Crippen LogP contribution in [0.4, 0.5) is 10.1 Å². The summed E-state index contributed by atoms with van der Waals surface area (Å²) in [5.41, 5.74) is 1.11. The number of nitrogens with zero attached hydrogens (tertiary/aromatic N) is 4. The molecule has 0 unspecified atom stereocenters. The molecule has 3 aromatic rings. The Labute approximate surface area is 160 Å². The third-order valence-electron chi connectivity index (χ3n) is 3.90. The van der Waals surface area contributed by atoms with E-state index in [0.717, 1.165) is 9.15 Å². The number of hydrogen-bond acceptors (Lipinski definition) is 6. The van der Waals surface area contributed by atoms with E-state index < -0.39 is 27.9 Å². The molecule has 0 aliphatic carbocycles. The van der Waals surface area contributed by atoms with Crippen LogP contribution in [0.15, 0.2) is 47.4 Å². The molecule has 1 atom stereocenters. The number of benzene rings is 2. The number of rotatable bonds is 6. The molecule has 9 nitrogen and oxygen atoms in total. The van der Waals surface area contributed by atoms with Gasteiger partial charge in [-0.2, -0.15) is 0 Å². The quantitative estimate of drug-likeness (QED) is 0.660. The minimum absolute atomic E-state index is 0.0422. The second-order valence-electron chi connectivity index (χ2n) is 6.14. The van der Waals surface area contributed by atoms with E-state index in [4.69, 9.17) is 4.84 Å². The van der Waals surface area contributed by atoms with E-state index in [-0.39, 0.29) is 4.90 Å². The van der Waals surface area contributed by atoms with Crippen LogP contribution in [0, 0.1) is 5.82 Å². The van der Waals surface area contributed by atoms with Gasteiger partial charge in [0.1, 0.15) is 16.9 Å². The minimum atomic E-state index is -3.65. The van der Waals surface area contributed by atoms with E-state index in [2.05, 4.69) is 15.6 Å². The van der Waals surface area contributed by atoms with E-state index in [1.165, 1.54) is 63.5 Å². The Bertz CT molecular complexity index is 1110. The fourth-order valence-electron chi connectivity index (χ4n) is 2.30. The average molecular weight is 407 g/mol. The van der Waals surface area contributed by atoms with E-state index in [9.17, 15) is 17.6 Å². The maximum absolute atomic E-state index is 12.9. The van der Waals surface area contributed by atoms with Crippen molar-refractivity contribution in [1.82, 2.24) is 19.5 Å². The summed E-state index contributed by atoms with van der Waals surface area (Å²) in [7, 11) is -0.805. The molecule has 0 aliphatic rings. The number of sulfonamides is 1. The molecule has 1 heterocycles. The number of anilines is 1. The van der Waals surface area contributed by atoms with Crippen molar-refractivity contribution >= 4 is 32.7 Å². The van der Waals surface area contributed by atoms with Gasteiger partial charge in [-0.1, -0.05) is 4.85 Å². The Morgan fingerprint density at radius 1 is 1.21 bits per heavy atom. The first kappa shape index (κ1) is 19.7. The molecule has 0 bridgehead atoms. The Morgan fingerprint density at radius 3 is 2.54 bits per heavy atom. The summed E-state index contributed by atoms with van der Waals surface area (Å²) in [4.78, 5) is 18.8. The standard InChI is InChI=1S/C17H18FN5O4S/c1-11(17(24)19-13-6-4-12(18)5-7-13)27-23-16-10-14(28(25,26)22(2)3)8-9-15(16)20-21-23/h4-11H,1-3H3,(H,19,24)/t11-/m0/s1. The monoisotopic (exact) mass is 407 g/mol. The van der Waals surface area contributed by atoms with Gasteiger partial charge in [-0.15, -0.1) is 5.10 Å². The zero-order valence-corrected chi connectivity index (χ0v) is 16.1. The van der Waals surface area contributed by atoms with Crippen LogP contribution in [0.1, 0.15) is 6.92 Å². The lowest BCUT2D eigenvalue weighted by atomic mass is 10.3. The zero-order valence-electron chi connectivity index (χ0n) is 15.3. The lowest BCUT2D eigenvalue weighted by Crippen LogP contribution is -2.35. The molecule has 0 saturated carbocycles. The van der Waals surface area contributed by atoms with Crippen molar-refractivity contribution in [3.8, 4) is 0 Å². The smallest absolute Gasteiger partial charge is 0.267 e. The fraction of sp³-hybridized carbons (Fsp3) is 0.235. The van der Waals surface area contributed by atoms with Gasteiger partial charge in [0, 0.05) is 19.8 Å². The molecular weight excluding hydrogens is 389 g/mol. The molecule has 0 spiro atoms. The summed E-state index contributed by atoms with van der Waals surface area (Å²) in [6.45, 7) is 1.49. The second kappa shape index (κ2) is 7.52. The highest BCUT2D eigenvalue weighted by molar-refractivity contribution is 7.89. The van der Waals surface area contributed by atoms with Crippen molar-refractivity contribution in [1.29, 1.82) is 0 Å². The number of amides is 1. The minimum Gasteiger partial charge on any atom is -0.382 e. The highest BCUT2D eigenvalue weighted by atomic mass is 32.2. The molecule has 2 aromatic carbocycles. The predicted octanol–water partition coefficient (Wildman–Crippen LogP) is 1.28. The SMILES string of the molecule is C[C@H](On1nnc2ccc(S(=O)(=O)N(C)C)cc21)C(=O)Nc1ccc(F)cc1. The number of fused-ring (bicyclic) bond motifs is 1. The molecule has 148 valence electrons. The van der Waals surface area contributed by atoms with E-state index in [1.54, 1.807) is 0 Å².